The van der Waals surface area contributed by atoms with Gasteiger partial charge in [-0.15, -0.1) is 23.1 Å². The van der Waals surface area contributed by atoms with Crippen LogP contribution in [0.3, 0.4) is 0 Å². The van der Waals surface area contributed by atoms with Gasteiger partial charge in [0, 0.05) is 16.5 Å². The molecule has 0 spiro atoms. The van der Waals surface area contributed by atoms with E-state index in [0.29, 0.717) is 5.75 Å². The van der Waals surface area contributed by atoms with E-state index in [0.717, 1.165) is 31.4 Å². The van der Waals surface area contributed by atoms with Gasteiger partial charge in [-0.25, -0.2) is 0 Å². The first-order valence-corrected chi connectivity index (χ1v) is 8.98. The maximum absolute atomic E-state index is 11.8. The molecule has 1 aliphatic carbocycles. The van der Waals surface area contributed by atoms with Gasteiger partial charge >= 0.3 is 0 Å². The highest BCUT2D eigenvalue weighted by molar-refractivity contribution is 7.99. The molecule has 1 aromatic heterocycles. The van der Waals surface area contributed by atoms with Gasteiger partial charge in [0.15, 0.2) is 0 Å². The Labute approximate surface area is 127 Å². The van der Waals surface area contributed by atoms with E-state index in [1.54, 1.807) is 23.1 Å². The highest BCUT2D eigenvalue weighted by Gasteiger charge is 2.21. The van der Waals surface area contributed by atoms with Crippen LogP contribution in [-0.4, -0.2) is 17.6 Å². The van der Waals surface area contributed by atoms with E-state index < -0.39 is 0 Å². The fourth-order valence-corrected chi connectivity index (χ4v) is 3.94. The maximum Gasteiger partial charge on any atom is 0.248 e. The minimum absolute atomic E-state index is 0.0405. The SMILES string of the molecule is O=C(CSCc1cccs1)NNC(=O)C1CCCCC1. The van der Waals surface area contributed by atoms with Crippen molar-refractivity contribution in [3.8, 4) is 0 Å². The van der Waals surface area contributed by atoms with Crippen LogP contribution in [0.5, 0.6) is 0 Å². The first kappa shape index (κ1) is 15.4. The van der Waals surface area contributed by atoms with Gasteiger partial charge in [0.25, 0.3) is 0 Å². The summed E-state index contributed by atoms with van der Waals surface area (Å²) in [6, 6.07) is 4.06. The van der Waals surface area contributed by atoms with Gasteiger partial charge in [0.05, 0.1) is 5.75 Å². The van der Waals surface area contributed by atoms with Crippen LogP contribution in [0.15, 0.2) is 17.5 Å². The monoisotopic (exact) mass is 312 g/mol. The quantitative estimate of drug-likeness (QED) is 0.822. The van der Waals surface area contributed by atoms with Crippen molar-refractivity contribution >= 4 is 34.9 Å². The third-order valence-corrected chi connectivity index (χ3v) is 5.40. The van der Waals surface area contributed by atoms with Crippen molar-refractivity contribution in [3.05, 3.63) is 22.4 Å². The van der Waals surface area contributed by atoms with Crippen LogP contribution >= 0.6 is 23.1 Å². The number of nitrogens with one attached hydrogen (secondary N) is 2. The number of thioether (sulfide) groups is 1. The molecule has 20 heavy (non-hydrogen) atoms. The molecule has 0 aromatic carbocycles. The summed E-state index contributed by atoms with van der Waals surface area (Å²) in [4.78, 5) is 24.7. The second-order valence-electron chi connectivity index (χ2n) is 4.94. The van der Waals surface area contributed by atoms with E-state index in [1.807, 2.05) is 11.4 Å². The van der Waals surface area contributed by atoms with Crippen molar-refractivity contribution in [3.63, 3.8) is 0 Å². The second kappa shape index (κ2) is 8.32. The lowest BCUT2D eigenvalue weighted by Crippen LogP contribution is -2.45. The highest BCUT2D eigenvalue weighted by Crippen LogP contribution is 2.23. The zero-order valence-electron chi connectivity index (χ0n) is 11.4. The molecule has 110 valence electrons. The molecular formula is C14H20N2O2S2. The van der Waals surface area contributed by atoms with E-state index in [4.69, 9.17) is 0 Å². The summed E-state index contributed by atoms with van der Waals surface area (Å²) in [7, 11) is 0. The van der Waals surface area contributed by atoms with Crippen molar-refractivity contribution in [1.29, 1.82) is 0 Å². The van der Waals surface area contributed by atoms with Crippen molar-refractivity contribution < 1.29 is 9.59 Å². The summed E-state index contributed by atoms with van der Waals surface area (Å²) in [5, 5.41) is 2.03. The number of rotatable bonds is 5. The zero-order valence-corrected chi connectivity index (χ0v) is 13.0. The van der Waals surface area contributed by atoms with E-state index in [1.165, 1.54) is 11.3 Å². The molecule has 6 heteroatoms. The van der Waals surface area contributed by atoms with E-state index in [9.17, 15) is 9.59 Å². The highest BCUT2D eigenvalue weighted by atomic mass is 32.2. The molecule has 2 amide bonds. The van der Waals surface area contributed by atoms with Crippen LogP contribution in [0.2, 0.25) is 0 Å². The standard InChI is InChI=1S/C14H20N2O2S2/c17-13(10-19-9-12-7-4-8-20-12)15-16-14(18)11-5-2-1-3-6-11/h4,7-8,11H,1-3,5-6,9-10H2,(H,15,17)(H,16,18). The number of thiophene rings is 1. The van der Waals surface area contributed by atoms with Crippen molar-refractivity contribution in [2.45, 2.75) is 37.9 Å². The Kier molecular flexibility index (Phi) is 6.39. The molecular weight excluding hydrogens is 292 g/mol. The van der Waals surface area contributed by atoms with Gasteiger partial charge in [-0.05, 0) is 24.3 Å². The Morgan fingerprint density at radius 3 is 2.75 bits per heavy atom. The predicted molar refractivity (Wildman–Crippen MR) is 83.3 cm³/mol. The van der Waals surface area contributed by atoms with Gasteiger partial charge in [0.2, 0.25) is 11.8 Å². The first-order chi connectivity index (χ1) is 9.75. The largest absolute Gasteiger partial charge is 0.273 e. The van der Waals surface area contributed by atoms with Crippen molar-refractivity contribution in [2.24, 2.45) is 5.92 Å². The Bertz CT molecular complexity index is 428. The summed E-state index contributed by atoms with van der Waals surface area (Å²) >= 11 is 3.24. The molecule has 0 saturated heterocycles. The second-order valence-corrected chi connectivity index (χ2v) is 6.96. The van der Waals surface area contributed by atoms with E-state index in [-0.39, 0.29) is 17.7 Å². The van der Waals surface area contributed by atoms with Crippen molar-refractivity contribution in [2.75, 3.05) is 5.75 Å². The van der Waals surface area contributed by atoms with Gasteiger partial charge in [0.1, 0.15) is 0 Å². The Morgan fingerprint density at radius 2 is 2.05 bits per heavy atom. The van der Waals surface area contributed by atoms with E-state index >= 15 is 0 Å². The molecule has 0 radical (unpaired) electrons. The van der Waals surface area contributed by atoms with Crippen molar-refractivity contribution in [1.82, 2.24) is 10.9 Å². The van der Waals surface area contributed by atoms with E-state index in [2.05, 4.69) is 16.9 Å². The summed E-state index contributed by atoms with van der Waals surface area (Å²) in [5.41, 5.74) is 5.05. The Hall–Kier alpha value is -1.01. The van der Waals surface area contributed by atoms with Gasteiger partial charge in [-0.1, -0.05) is 25.3 Å². The van der Waals surface area contributed by atoms with Gasteiger partial charge in [-0.2, -0.15) is 0 Å². The van der Waals surface area contributed by atoms with Crippen LogP contribution in [0.1, 0.15) is 37.0 Å². The fourth-order valence-electron chi connectivity index (χ4n) is 2.27. The molecule has 0 atom stereocenters. The fraction of sp³-hybridized carbons (Fsp3) is 0.571. The molecule has 1 aromatic rings. The third-order valence-electron chi connectivity index (χ3n) is 3.36. The minimum atomic E-state index is -0.143. The molecule has 1 heterocycles. The Morgan fingerprint density at radius 1 is 1.25 bits per heavy atom. The lowest BCUT2D eigenvalue weighted by molar-refractivity contribution is -0.131. The summed E-state index contributed by atoms with van der Waals surface area (Å²) < 4.78 is 0. The van der Waals surface area contributed by atoms with Crippen LogP contribution in [0.4, 0.5) is 0 Å². The lowest BCUT2D eigenvalue weighted by atomic mass is 9.89. The average molecular weight is 312 g/mol. The number of carbonyl (C=O) groups is 2. The van der Waals surface area contributed by atoms with Gasteiger partial charge < -0.3 is 0 Å². The number of carbonyl (C=O) groups excluding carboxylic acids is 2. The number of amides is 2. The number of hydrogen-bond donors (Lipinski definition) is 2. The maximum atomic E-state index is 11.8. The Balaban J connectivity index is 1.58. The molecule has 0 aliphatic heterocycles. The number of hydrogen-bond acceptors (Lipinski definition) is 4. The van der Waals surface area contributed by atoms with Crippen LogP contribution in [0, 0.1) is 5.92 Å². The summed E-state index contributed by atoms with van der Waals surface area (Å²) in [6.45, 7) is 0. The number of hydrazine groups is 1. The van der Waals surface area contributed by atoms with Crippen LogP contribution < -0.4 is 10.9 Å². The zero-order chi connectivity index (χ0) is 14.2. The van der Waals surface area contributed by atoms with Crippen LogP contribution in [-0.2, 0) is 15.3 Å². The average Bonchev–Trinajstić information content (AvgIpc) is 2.99. The van der Waals surface area contributed by atoms with Crippen LogP contribution in [0.25, 0.3) is 0 Å². The molecule has 1 saturated carbocycles. The van der Waals surface area contributed by atoms with Gasteiger partial charge in [-0.3, -0.25) is 20.4 Å². The molecule has 0 unspecified atom stereocenters. The first-order valence-electron chi connectivity index (χ1n) is 6.94. The normalized spacial score (nSPS) is 15.8. The summed E-state index contributed by atoms with van der Waals surface area (Å²) in [5.74, 6) is 1.09. The lowest BCUT2D eigenvalue weighted by Gasteiger charge is -2.20. The third kappa shape index (κ3) is 5.17. The molecule has 1 aliphatic rings. The smallest absolute Gasteiger partial charge is 0.248 e. The predicted octanol–water partition coefficient (Wildman–Crippen LogP) is 2.71. The topological polar surface area (TPSA) is 58.2 Å². The molecule has 0 bridgehead atoms. The molecule has 2 rings (SSSR count). The summed E-state index contributed by atoms with van der Waals surface area (Å²) in [6.07, 6.45) is 5.32. The minimum Gasteiger partial charge on any atom is -0.273 e. The molecule has 4 nitrogen and oxygen atoms in total. The molecule has 1 fully saturated rings. The molecule has 2 N–H and O–H groups in total.